The van der Waals surface area contributed by atoms with Gasteiger partial charge in [0.05, 0.1) is 12.2 Å². The first-order chi connectivity index (χ1) is 3.70. The fourth-order valence-corrected chi connectivity index (χ4v) is 1.03. The van der Waals surface area contributed by atoms with Crippen LogP contribution in [0.3, 0.4) is 0 Å². The Kier molecular flexibility index (Phi) is 1.51. The van der Waals surface area contributed by atoms with Crippen LogP contribution < -0.4 is 5.73 Å². The van der Waals surface area contributed by atoms with Gasteiger partial charge in [0, 0.05) is 6.04 Å². The molecule has 1 fully saturated rings. The van der Waals surface area contributed by atoms with Gasteiger partial charge in [0.1, 0.15) is 0 Å². The molecule has 0 amide bonds. The second kappa shape index (κ2) is 2.01. The summed E-state index contributed by atoms with van der Waals surface area (Å²) in [4.78, 5) is 0. The van der Waals surface area contributed by atoms with Gasteiger partial charge in [-0.2, -0.15) is 0 Å². The smallest absolute Gasteiger partial charge is 0.0814 e. The van der Waals surface area contributed by atoms with E-state index in [0.717, 1.165) is 0 Å². The quantitative estimate of drug-likeness (QED) is 0.374. The fourth-order valence-electron chi connectivity index (χ4n) is 1.03. The molecule has 1 saturated carbocycles. The van der Waals surface area contributed by atoms with Gasteiger partial charge in [-0.1, -0.05) is 0 Å². The molecule has 0 heterocycles. The van der Waals surface area contributed by atoms with E-state index < -0.39 is 12.2 Å². The zero-order valence-electron chi connectivity index (χ0n) is 4.62. The number of aliphatic hydroxyl groups excluding tert-OH is 2. The second-order valence-electron chi connectivity index (χ2n) is 2.37. The third kappa shape index (κ3) is 0.992. The summed E-state index contributed by atoms with van der Waals surface area (Å²) in [5, 5.41) is 17.7. The highest BCUT2D eigenvalue weighted by Gasteiger charge is 2.28. The largest absolute Gasteiger partial charge is 0.390 e. The molecular weight excluding hydrogens is 106 g/mol. The zero-order valence-corrected chi connectivity index (χ0v) is 4.62. The fraction of sp³-hybridized carbons (Fsp3) is 1.00. The third-order valence-corrected chi connectivity index (χ3v) is 1.53. The van der Waals surface area contributed by atoms with Crippen molar-refractivity contribution in [1.29, 1.82) is 0 Å². The normalized spacial score (nSPS) is 47.6. The van der Waals surface area contributed by atoms with E-state index in [-0.39, 0.29) is 6.04 Å². The monoisotopic (exact) mass is 117 g/mol. The van der Waals surface area contributed by atoms with Crippen LogP contribution in [0.15, 0.2) is 0 Å². The van der Waals surface area contributed by atoms with Gasteiger partial charge in [-0.15, -0.1) is 0 Å². The van der Waals surface area contributed by atoms with Crippen LogP contribution in [0.4, 0.5) is 0 Å². The Balaban J connectivity index is 2.39. The Morgan fingerprint density at radius 2 is 1.50 bits per heavy atom. The molecule has 0 aromatic rings. The van der Waals surface area contributed by atoms with Gasteiger partial charge in [-0.25, -0.2) is 0 Å². The molecule has 48 valence electrons. The topological polar surface area (TPSA) is 66.5 Å². The summed E-state index contributed by atoms with van der Waals surface area (Å²) in [6.07, 6.45) is -0.0718. The number of aliphatic hydroxyl groups is 2. The van der Waals surface area contributed by atoms with Gasteiger partial charge < -0.3 is 15.9 Å². The lowest BCUT2D eigenvalue weighted by Gasteiger charge is -2.02. The molecule has 1 unspecified atom stereocenters. The second-order valence-corrected chi connectivity index (χ2v) is 2.37. The lowest BCUT2D eigenvalue weighted by Crippen LogP contribution is -2.17. The first-order valence-electron chi connectivity index (χ1n) is 2.82. The number of rotatable bonds is 0. The number of hydrogen-bond donors (Lipinski definition) is 3. The SMILES string of the molecule is NC1C[C@@H](O)[C@@H](O)C1. The predicted octanol–water partition coefficient (Wildman–Crippen LogP) is -1.17. The van der Waals surface area contributed by atoms with E-state index in [0.29, 0.717) is 12.8 Å². The highest BCUT2D eigenvalue weighted by atomic mass is 16.3. The summed E-state index contributed by atoms with van der Waals surface area (Å²) >= 11 is 0. The molecule has 0 aromatic carbocycles. The molecule has 0 aromatic heterocycles. The van der Waals surface area contributed by atoms with Crippen molar-refractivity contribution in [3.63, 3.8) is 0 Å². The molecule has 0 radical (unpaired) electrons. The molecule has 0 bridgehead atoms. The van der Waals surface area contributed by atoms with Crippen LogP contribution in [-0.4, -0.2) is 28.5 Å². The summed E-state index contributed by atoms with van der Waals surface area (Å²) in [6, 6.07) is -0.000000000000000444. The molecule has 3 nitrogen and oxygen atoms in total. The Bertz CT molecular complexity index is 76.5. The molecule has 0 aliphatic heterocycles. The maximum Gasteiger partial charge on any atom is 0.0814 e. The average Bonchev–Trinajstić information content (AvgIpc) is 1.85. The van der Waals surface area contributed by atoms with Crippen LogP contribution in [0.25, 0.3) is 0 Å². The van der Waals surface area contributed by atoms with Crippen LogP contribution in [0.1, 0.15) is 12.8 Å². The molecule has 4 N–H and O–H groups in total. The van der Waals surface area contributed by atoms with Crippen LogP contribution in [0, 0.1) is 0 Å². The van der Waals surface area contributed by atoms with E-state index in [1.807, 2.05) is 0 Å². The van der Waals surface area contributed by atoms with E-state index in [2.05, 4.69) is 0 Å². The van der Waals surface area contributed by atoms with Crippen molar-refractivity contribution in [3.8, 4) is 0 Å². The van der Waals surface area contributed by atoms with Crippen molar-refractivity contribution in [1.82, 2.24) is 0 Å². The maximum absolute atomic E-state index is 8.84. The first-order valence-corrected chi connectivity index (χ1v) is 2.82. The van der Waals surface area contributed by atoms with Gasteiger partial charge in [0.15, 0.2) is 0 Å². The van der Waals surface area contributed by atoms with Gasteiger partial charge in [0.25, 0.3) is 0 Å². The standard InChI is InChI=1S/C5H11NO2/c6-3-1-4(7)5(8)2-3/h3-5,7-8H,1-2,6H2/t3?,4-,5+. The highest BCUT2D eigenvalue weighted by molar-refractivity contribution is 4.84. The maximum atomic E-state index is 8.84. The summed E-state index contributed by atoms with van der Waals surface area (Å²) < 4.78 is 0. The predicted molar refractivity (Wildman–Crippen MR) is 29.2 cm³/mol. The van der Waals surface area contributed by atoms with E-state index in [1.54, 1.807) is 0 Å². The van der Waals surface area contributed by atoms with Gasteiger partial charge in [0.2, 0.25) is 0 Å². The Labute approximate surface area is 48.1 Å². The number of nitrogens with two attached hydrogens (primary N) is 1. The summed E-state index contributed by atoms with van der Waals surface area (Å²) in [5.74, 6) is 0. The lowest BCUT2D eigenvalue weighted by molar-refractivity contribution is 0.0438. The molecule has 1 aliphatic carbocycles. The van der Waals surface area contributed by atoms with Crippen LogP contribution in [-0.2, 0) is 0 Å². The Hall–Kier alpha value is -0.120. The zero-order chi connectivity index (χ0) is 6.15. The molecule has 0 saturated heterocycles. The summed E-state index contributed by atoms with van der Waals surface area (Å²) in [6.45, 7) is 0. The minimum Gasteiger partial charge on any atom is -0.390 e. The minimum atomic E-state index is -0.579. The van der Waals surface area contributed by atoms with Crippen LogP contribution in [0.5, 0.6) is 0 Å². The Morgan fingerprint density at radius 3 is 1.62 bits per heavy atom. The van der Waals surface area contributed by atoms with E-state index >= 15 is 0 Å². The van der Waals surface area contributed by atoms with E-state index in [9.17, 15) is 0 Å². The Morgan fingerprint density at radius 1 is 1.12 bits per heavy atom. The van der Waals surface area contributed by atoms with Gasteiger partial charge >= 0.3 is 0 Å². The molecule has 8 heavy (non-hydrogen) atoms. The van der Waals surface area contributed by atoms with Crippen molar-refractivity contribution in [2.75, 3.05) is 0 Å². The van der Waals surface area contributed by atoms with Crippen molar-refractivity contribution < 1.29 is 10.2 Å². The highest BCUT2D eigenvalue weighted by Crippen LogP contribution is 2.17. The van der Waals surface area contributed by atoms with E-state index in [4.69, 9.17) is 15.9 Å². The van der Waals surface area contributed by atoms with E-state index in [1.165, 1.54) is 0 Å². The van der Waals surface area contributed by atoms with Crippen LogP contribution >= 0.6 is 0 Å². The third-order valence-electron chi connectivity index (χ3n) is 1.53. The summed E-state index contributed by atoms with van der Waals surface area (Å²) in [5.41, 5.74) is 5.40. The minimum absolute atomic E-state index is 0.000000000000000444. The van der Waals surface area contributed by atoms with Crippen molar-refractivity contribution in [3.05, 3.63) is 0 Å². The molecular formula is C5H11NO2. The molecule has 1 aliphatic rings. The molecule has 1 rings (SSSR count). The first kappa shape index (κ1) is 6.01. The van der Waals surface area contributed by atoms with Crippen LogP contribution in [0.2, 0.25) is 0 Å². The van der Waals surface area contributed by atoms with Crippen molar-refractivity contribution in [2.45, 2.75) is 31.1 Å². The summed E-state index contributed by atoms with van der Waals surface area (Å²) in [7, 11) is 0. The lowest BCUT2D eigenvalue weighted by atomic mass is 10.3. The molecule has 0 spiro atoms. The van der Waals surface area contributed by atoms with Crippen molar-refractivity contribution in [2.24, 2.45) is 5.73 Å². The van der Waals surface area contributed by atoms with Crippen molar-refractivity contribution >= 4 is 0 Å². The van der Waals surface area contributed by atoms with Gasteiger partial charge in [-0.05, 0) is 12.8 Å². The molecule has 3 heteroatoms. The average molecular weight is 117 g/mol. The number of hydrogen-bond acceptors (Lipinski definition) is 3. The van der Waals surface area contributed by atoms with Gasteiger partial charge in [-0.3, -0.25) is 0 Å². The molecule has 3 atom stereocenters.